The van der Waals surface area contributed by atoms with Gasteiger partial charge in [0.1, 0.15) is 5.75 Å². The van der Waals surface area contributed by atoms with Crippen LogP contribution in [-0.2, 0) is 20.9 Å². The predicted octanol–water partition coefficient (Wildman–Crippen LogP) is 7.33. The van der Waals surface area contributed by atoms with E-state index in [1.54, 1.807) is 4.90 Å². The van der Waals surface area contributed by atoms with Gasteiger partial charge in [0, 0.05) is 31.6 Å². The molecule has 0 unspecified atom stereocenters. The Labute approximate surface area is 278 Å². The number of phenolic OH excluding ortho intramolecular Hbond substituents is 1. The second-order valence-corrected chi connectivity index (χ2v) is 14.1. The fraction of sp³-hybridized carbons (Fsp3) is 0.415. The molecule has 3 aromatic carbocycles. The average molecular weight is 631 g/mol. The molecule has 0 bridgehead atoms. The number of carbonyl (C=O) groups excluding carboxylic acids is 2. The van der Waals surface area contributed by atoms with Gasteiger partial charge in [-0.15, -0.1) is 0 Å². The largest absolute Gasteiger partial charge is 0.507 e. The van der Waals surface area contributed by atoms with Gasteiger partial charge in [-0.2, -0.15) is 0 Å². The van der Waals surface area contributed by atoms with Gasteiger partial charge >= 0.3 is 0 Å². The molecule has 1 N–H and O–H groups in total. The van der Waals surface area contributed by atoms with Crippen molar-refractivity contribution in [3.05, 3.63) is 112 Å². The zero-order valence-corrected chi connectivity index (χ0v) is 27.8. The van der Waals surface area contributed by atoms with Gasteiger partial charge in [0.25, 0.3) is 0 Å². The second-order valence-electron chi connectivity index (χ2n) is 14.1. The number of fused-ring (bicyclic) bond motifs is 3. The van der Waals surface area contributed by atoms with Gasteiger partial charge in [0.2, 0.25) is 11.8 Å². The molecule has 1 aliphatic carbocycles. The number of piperidine rings is 1. The van der Waals surface area contributed by atoms with E-state index >= 15 is 0 Å². The van der Waals surface area contributed by atoms with E-state index in [4.69, 9.17) is 4.74 Å². The Hall–Kier alpha value is -4.00. The monoisotopic (exact) mass is 630 g/mol. The summed E-state index contributed by atoms with van der Waals surface area (Å²) in [5, 5.41) is 10.3. The quantitative estimate of drug-likeness (QED) is 0.160. The lowest BCUT2D eigenvalue weighted by molar-refractivity contribution is -0.144. The van der Waals surface area contributed by atoms with Crippen molar-refractivity contribution in [3.63, 3.8) is 0 Å². The number of likely N-dealkylation sites (tertiary alicyclic amines) is 2. The van der Waals surface area contributed by atoms with Crippen molar-refractivity contribution in [2.45, 2.75) is 71.6 Å². The van der Waals surface area contributed by atoms with Crippen LogP contribution in [0.4, 0.5) is 0 Å². The lowest BCUT2D eigenvalue weighted by Crippen LogP contribution is -2.47. The summed E-state index contributed by atoms with van der Waals surface area (Å²) in [6.45, 7) is 9.22. The standard InChI is InChI=1S/C41H46N2O4/c1-26-22-34-38(41(46)43(40(34)45)33-16-18-42(19-17-33)24-29-10-6-4-7-11-29)35-25-47-36(37(26)35)15-14-32(31-12-8-5-9-13-31)23-30-20-27(2)39(44)28(3)21-30/h4-13,20-21,23,33-36,38,44H,14-19,22,24-25H2,1-3H3/b32-23-/t34-,35+,36-,38-/m1/s1. The highest BCUT2D eigenvalue weighted by molar-refractivity contribution is 6.06. The first-order valence-electron chi connectivity index (χ1n) is 17.3. The molecule has 7 rings (SSSR count). The number of hydrogen-bond acceptors (Lipinski definition) is 5. The second kappa shape index (κ2) is 13.2. The summed E-state index contributed by atoms with van der Waals surface area (Å²) in [4.78, 5) is 32.1. The van der Waals surface area contributed by atoms with Crippen molar-refractivity contribution >= 4 is 23.5 Å². The van der Waals surface area contributed by atoms with Crippen LogP contribution in [0.25, 0.3) is 11.6 Å². The summed E-state index contributed by atoms with van der Waals surface area (Å²) in [5.41, 5.74) is 8.97. The number of rotatable bonds is 8. The van der Waals surface area contributed by atoms with Gasteiger partial charge in [-0.1, -0.05) is 72.3 Å². The molecule has 0 radical (unpaired) electrons. The number of allylic oxidation sites excluding steroid dienone is 2. The summed E-state index contributed by atoms with van der Waals surface area (Å²) in [6, 6.07) is 25.0. The Balaban J connectivity index is 1.05. The van der Waals surface area contributed by atoms with Gasteiger partial charge in [0.05, 0.1) is 24.5 Å². The lowest BCUT2D eigenvalue weighted by atomic mass is 9.70. The maximum Gasteiger partial charge on any atom is 0.234 e. The number of benzene rings is 3. The molecule has 3 aromatic rings. The first kappa shape index (κ1) is 31.6. The number of hydrogen-bond donors (Lipinski definition) is 1. The molecule has 3 fully saturated rings. The molecular weight excluding hydrogens is 584 g/mol. The first-order chi connectivity index (χ1) is 22.8. The van der Waals surface area contributed by atoms with Crippen molar-refractivity contribution in [2.75, 3.05) is 19.7 Å². The molecular formula is C41H46N2O4. The molecule has 0 aromatic heterocycles. The summed E-state index contributed by atoms with van der Waals surface area (Å²) in [5.74, 6) is -0.174. The van der Waals surface area contributed by atoms with Crippen LogP contribution >= 0.6 is 0 Å². The third-order valence-electron chi connectivity index (χ3n) is 11.0. The van der Waals surface area contributed by atoms with Crippen molar-refractivity contribution in [2.24, 2.45) is 17.8 Å². The van der Waals surface area contributed by atoms with Crippen LogP contribution in [-0.4, -0.2) is 58.6 Å². The molecule has 6 heteroatoms. The lowest BCUT2D eigenvalue weighted by Gasteiger charge is -2.36. The van der Waals surface area contributed by atoms with Gasteiger partial charge in [0.15, 0.2) is 0 Å². The number of nitrogens with zero attached hydrogens (tertiary/aromatic N) is 2. The minimum atomic E-state index is -0.305. The van der Waals surface area contributed by atoms with Gasteiger partial charge in [-0.05, 0) is 104 Å². The van der Waals surface area contributed by atoms with E-state index in [-0.39, 0.29) is 41.7 Å². The molecule has 3 aliphatic heterocycles. The van der Waals surface area contributed by atoms with Gasteiger partial charge in [-0.3, -0.25) is 19.4 Å². The summed E-state index contributed by atoms with van der Waals surface area (Å²) in [7, 11) is 0. The van der Waals surface area contributed by atoms with E-state index in [1.165, 1.54) is 27.8 Å². The topological polar surface area (TPSA) is 70.1 Å². The highest BCUT2D eigenvalue weighted by Gasteiger charge is 2.57. The van der Waals surface area contributed by atoms with Crippen molar-refractivity contribution in [1.82, 2.24) is 9.80 Å². The molecule has 6 nitrogen and oxygen atoms in total. The smallest absolute Gasteiger partial charge is 0.234 e. The van der Waals surface area contributed by atoms with Crippen molar-refractivity contribution in [1.29, 1.82) is 0 Å². The van der Waals surface area contributed by atoms with E-state index in [9.17, 15) is 14.7 Å². The SMILES string of the molecule is CC1=C2[C@@H](CC/C(=C/c3cc(C)c(O)c(C)c3)c3ccccc3)OC[C@@H]2[C@@H]2C(=O)N(C3CCN(Cc4ccccc4)CC3)C(=O)[C@@H]2C1. The molecule has 47 heavy (non-hydrogen) atoms. The van der Waals surface area contributed by atoms with E-state index in [0.717, 1.165) is 62.0 Å². The van der Waals surface area contributed by atoms with E-state index in [2.05, 4.69) is 66.4 Å². The van der Waals surface area contributed by atoms with E-state index < -0.39 is 0 Å². The highest BCUT2D eigenvalue weighted by atomic mass is 16.5. The Morgan fingerprint density at radius 2 is 1.55 bits per heavy atom. The Kier molecular flexibility index (Phi) is 8.91. The summed E-state index contributed by atoms with van der Waals surface area (Å²) < 4.78 is 6.50. The number of carbonyl (C=O) groups is 2. The molecule has 0 spiro atoms. The number of aryl methyl sites for hydroxylation is 2. The Bertz CT molecular complexity index is 1680. The van der Waals surface area contributed by atoms with Crippen LogP contribution in [0.2, 0.25) is 0 Å². The van der Waals surface area contributed by atoms with Crippen LogP contribution in [0.3, 0.4) is 0 Å². The van der Waals surface area contributed by atoms with E-state index in [1.807, 2.05) is 38.1 Å². The number of imide groups is 1. The number of aromatic hydroxyl groups is 1. The van der Waals surface area contributed by atoms with Crippen LogP contribution in [0.5, 0.6) is 5.75 Å². The van der Waals surface area contributed by atoms with Crippen molar-refractivity contribution < 1.29 is 19.4 Å². The minimum absolute atomic E-state index is 0.0137. The molecule has 2 amide bonds. The maximum atomic E-state index is 14.1. The number of amides is 2. The third kappa shape index (κ3) is 6.21. The van der Waals surface area contributed by atoms with Crippen LogP contribution < -0.4 is 0 Å². The Morgan fingerprint density at radius 1 is 0.894 bits per heavy atom. The van der Waals surface area contributed by atoms with Crippen LogP contribution in [0.1, 0.15) is 66.8 Å². The fourth-order valence-electron chi connectivity index (χ4n) is 8.70. The highest BCUT2D eigenvalue weighted by Crippen LogP contribution is 2.50. The van der Waals surface area contributed by atoms with Gasteiger partial charge in [-0.25, -0.2) is 0 Å². The average Bonchev–Trinajstić information content (AvgIpc) is 3.61. The zero-order chi connectivity index (χ0) is 32.7. The molecule has 4 atom stereocenters. The van der Waals surface area contributed by atoms with E-state index in [0.29, 0.717) is 18.8 Å². The maximum absolute atomic E-state index is 14.1. The molecule has 3 saturated heterocycles. The number of ether oxygens (including phenoxy) is 1. The molecule has 244 valence electrons. The molecule has 0 saturated carbocycles. The summed E-state index contributed by atoms with van der Waals surface area (Å²) in [6.07, 6.45) is 6.10. The summed E-state index contributed by atoms with van der Waals surface area (Å²) >= 11 is 0. The van der Waals surface area contributed by atoms with Crippen LogP contribution in [0.15, 0.2) is 83.9 Å². The Morgan fingerprint density at radius 3 is 2.23 bits per heavy atom. The third-order valence-corrected chi connectivity index (χ3v) is 11.0. The first-order valence-corrected chi connectivity index (χ1v) is 17.3. The van der Waals surface area contributed by atoms with Gasteiger partial charge < -0.3 is 9.84 Å². The molecule has 3 heterocycles. The minimum Gasteiger partial charge on any atom is -0.507 e. The van der Waals surface area contributed by atoms with Crippen molar-refractivity contribution in [3.8, 4) is 5.75 Å². The fourth-order valence-corrected chi connectivity index (χ4v) is 8.70. The predicted molar refractivity (Wildman–Crippen MR) is 185 cm³/mol. The van der Waals surface area contributed by atoms with Crippen LogP contribution in [0, 0.1) is 31.6 Å². The number of phenols is 1. The molecule has 4 aliphatic rings. The zero-order valence-electron chi connectivity index (χ0n) is 27.8. The normalized spacial score (nSPS) is 25.4.